The van der Waals surface area contributed by atoms with Crippen LogP contribution in [0.25, 0.3) is 0 Å². The van der Waals surface area contributed by atoms with Gasteiger partial charge in [0.2, 0.25) is 0 Å². The van der Waals surface area contributed by atoms with Gasteiger partial charge in [-0.25, -0.2) is 9.78 Å². The van der Waals surface area contributed by atoms with Crippen LogP contribution in [-0.2, 0) is 4.74 Å². The zero-order valence-corrected chi connectivity index (χ0v) is 11.0. The van der Waals surface area contributed by atoms with Crippen LogP contribution < -0.4 is 0 Å². The van der Waals surface area contributed by atoms with Crippen molar-refractivity contribution in [3.63, 3.8) is 0 Å². The van der Waals surface area contributed by atoms with Gasteiger partial charge in [-0.05, 0) is 42.8 Å². The van der Waals surface area contributed by atoms with E-state index < -0.39 is 11.6 Å². The number of aromatic nitrogens is 1. The second-order valence-electron chi connectivity index (χ2n) is 3.96. The maximum atomic E-state index is 11.7. The van der Waals surface area contributed by atoms with Gasteiger partial charge in [-0.3, -0.25) is 0 Å². The second-order valence-corrected chi connectivity index (χ2v) is 5.17. The van der Waals surface area contributed by atoms with Crippen LogP contribution in [0.1, 0.15) is 31.1 Å². The molecule has 1 heterocycles. The van der Waals surface area contributed by atoms with E-state index in [1.165, 1.54) is 6.20 Å². The summed E-state index contributed by atoms with van der Waals surface area (Å²) in [6, 6.07) is 1.64. The minimum absolute atomic E-state index is 0.138. The SMILES string of the molecule is CC(C)(C)OC(=O)c1c(Br)ccnc1Cl. The molecule has 0 spiro atoms. The number of esters is 1. The van der Waals surface area contributed by atoms with Crippen LogP contribution in [0.5, 0.6) is 0 Å². The molecule has 0 unspecified atom stereocenters. The molecule has 0 fully saturated rings. The Morgan fingerprint density at radius 1 is 1.53 bits per heavy atom. The highest BCUT2D eigenvalue weighted by Crippen LogP contribution is 2.25. The molecule has 0 N–H and O–H groups in total. The van der Waals surface area contributed by atoms with Gasteiger partial charge in [-0.1, -0.05) is 11.6 Å². The average molecular weight is 293 g/mol. The number of hydrogen-bond donors (Lipinski definition) is 0. The van der Waals surface area contributed by atoms with E-state index in [1.54, 1.807) is 26.8 Å². The van der Waals surface area contributed by atoms with Gasteiger partial charge < -0.3 is 4.74 Å². The molecule has 0 saturated carbocycles. The lowest BCUT2D eigenvalue weighted by Crippen LogP contribution is -2.24. The molecule has 0 atom stereocenters. The second kappa shape index (κ2) is 4.49. The fraction of sp³-hybridized carbons (Fsp3) is 0.400. The number of hydrogen-bond acceptors (Lipinski definition) is 3. The molecule has 0 amide bonds. The normalized spacial score (nSPS) is 11.3. The minimum atomic E-state index is -0.546. The standard InChI is InChI=1S/C10H11BrClNO2/c1-10(2,3)15-9(14)7-6(11)4-5-13-8(7)12/h4-5H,1-3H3. The Morgan fingerprint density at radius 2 is 2.13 bits per heavy atom. The molecule has 15 heavy (non-hydrogen) atoms. The van der Waals surface area contributed by atoms with Crippen molar-refractivity contribution >= 4 is 33.5 Å². The molecule has 3 nitrogen and oxygen atoms in total. The molecule has 0 saturated heterocycles. The van der Waals surface area contributed by atoms with Crippen LogP contribution in [0.3, 0.4) is 0 Å². The van der Waals surface area contributed by atoms with Crippen molar-refractivity contribution in [2.24, 2.45) is 0 Å². The van der Waals surface area contributed by atoms with Crippen LogP contribution in [0, 0.1) is 0 Å². The average Bonchev–Trinajstić information content (AvgIpc) is 1.99. The summed E-state index contributed by atoms with van der Waals surface area (Å²) >= 11 is 9.04. The van der Waals surface area contributed by atoms with Gasteiger partial charge in [0.15, 0.2) is 0 Å². The first-order chi connectivity index (χ1) is 6.81. The lowest BCUT2D eigenvalue weighted by Gasteiger charge is -2.20. The number of carbonyl (C=O) groups excluding carboxylic acids is 1. The summed E-state index contributed by atoms with van der Waals surface area (Å²) in [6.07, 6.45) is 1.51. The molecule has 0 aliphatic carbocycles. The molecular formula is C10H11BrClNO2. The molecule has 82 valence electrons. The van der Waals surface area contributed by atoms with Crippen LogP contribution in [0.2, 0.25) is 5.15 Å². The summed E-state index contributed by atoms with van der Waals surface area (Å²) in [4.78, 5) is 15.6. The van der Waals surface area contributed by atoms with E-state index in [1.807, 2.05) is 0 Å². The van der Waals surface area contributed by atoms with E-state index in [4.69, 9.17) is 16.3 Å². The fourth-order valence-corrected chi connectivity index (χ4v) is 1.74. The van der Waals surface area contributed by atoms with Crippen LogP contribution in [-0.4, -0.2) is 16.6 Å². The molecule has 0 aromatic carbocycles. The van der Waals surface area contributed by atoms with Gasteiger partial charge in [0.25, 0.3) is 0 Å². The molecule has 0 aliphatic rings. The number of halogens is 2. The first-order valence-electron chi connectivity index (χ1n) is 4.34. The largest absolute Gasteiger partial charge is 0.456 e. The smallest absolute Gasteiger partial charge is 0.342 e. The fourth-order valence-electron chi connectivity index (χ4n) is 0.925. The predicted octanol–water partition coefficient (Wildman–Crippen LogP) is 3.45. The summed E-state index contributed by atoms with van der Waals surface area (Å²) in [7, 11) is 0. The van der Waals surface area contributed by atoms with Gasteiger partial charge >= 0.3 is 5.97 Å². The number of nitrogens with zero attached hydrogens (tertiary/aromatic N) is 1. The Bertz CT molecular complexity index is 367. The van der Waals surface area contributed by atoms with Crippen LogP contribution in [0.4, 0.5) is 0 Å². The summed E-state index contributed by atoms with van der Waals surface area (Å²) in [5.74, 6) is -0.479. The number of carbonyl (C=O) groups is 1. The van der Waals surface area contributed by atoms with Gasteiger partial charge in [0.05, 0.1) is 0 Å². The Labute approximate surface area is 102 Å². The van der Waals surface area contributed by atoms with Gasteiger partial charge in [-0.2, -0.15) is 0 Å². The Morgan fingerprint density at radius 3 is 2.60 bits per heavy atom. The van der Waals surface area contributed by atoms with E-state index in [9.17, 15) is 4.79 Å². The van der Waals surface area contributed by atoms with Gasteiger partial charge in [-0.15, -0.1) is 0 Å². The monoisotopic (exact) mass is 291 g/mol. The van der Waals surface area contributed by atoms with Crippen molar-refractivity contribution in [1.29, 1.82) is 0 Å². The van der Waals surface area contributed by atoms with Crippen molar-refractivity contribution < 1.29 is 9.53 Å². The van der Waals surface area contributed by atoms with Crippen LogP contribution in [0.15, 0.2) is 16.7 Å². The number of rotatable bonds is 1. The predicted molar refractivity (Wildman–Crippen MR) is 62.1 cm³/mol. The maximum absolute atomic E-state index is 11.7. The van der Waals surface area contributed by atoms with Crippen molar-refractivity contribution in [2.75, 3.05) is 0 Å². The Kier molecular flexibility index (Phi) is 3.73. The van der Waals surface area contributed by atoms with E-state index in [0.717, 1.165) is 0 Å². The third-order valence-electron chi connectivity index (χ3n) is 1.46. The highest BCUT2D eigenvalue weighted by atomic mass is 79.9. The lowest BCUT2D eigenvalue weighted by atomic mass is 10.2. The van der Waals surface area contributed by atoms with E-state index >= 15 is 0 Å². The number of pyridine rings is 1. The molecule has 0 aliphatic heterocycles. The topological polar surface area (TPSA) is 39.2 Å². The molecule has 5 heteroatoms. The quantitative estimate of drug-likeness (QED) is 0.588. The van der Waals surface area contributed by atoms with Crippen LogP contribution >= 0.6 is 27.5 Å². The Hall–Kier alpha value is -0.610. The highest BCUT2D eigenvalue weighted by molar-refractivity contribution is 9.10. The van der Waals surface area contributed by atoms with Crippen molar-refractivity contribution in [1.82, 2.24) is 4.98 Å². The molecular weight excluding hydrogens is 281 g/mol. The lowest BCUT2D eigenvalue weighted by molar-refractivity contribution is 0.00683. The molecule has 1 rings (SSSR count). The van der Waals surface area contributed by atoms with E-state index in [2.05, 4.69) is 20.9 Å². The summed E-state index contributed by atoms with van der Waals surface area (Å²) < 4.78 is 5.77. The summed E-state index contributed by atoms with van der Waals surface area (Å²) in [5, 5.41) is 0.138. The van der Waals surface area contributed by atoms with Gasteiger partial charge in [0.1, 0.15) is 16.3 Å². The van der Waals surface area contributed by atoms with E-state index in [-0.39, 0.29) is 10.7 Å². The van der Waals surface area contributed by atoms with Crippen molar-refractivity contribution in [3.8, 4) is 0 Å². The third kappa shape index (κ3) is 3.47. The zero-order chi connectivity index (χ0) is 11.6. The first kappa shape index (κ1) is 12.5. The summed E-state index contributed by atoms with van der Waals surface area (Å²) in [6.45, 7) is 5.38. The van der Waals surface area contributed by atoms with Gasteiger partial charge in [0, 0.05) is 10.7 Å². The molecule has 1 aromatic rings. The van der Waals surface area contributed by atoms with E-state index in [0.29, 0.717) is 4.47 Å². The molecule has 0 radical (unpaired) electrons. The maximum Gasteiger partial charge on any atom is 0.342 e. The van der Waals surface area contributed by atoms with Crippen molar-refractivity contribution in [3.05, 3.63) is 27.5 Å². The molecule has 0 bridgehead atoms. The first-order valence-corrected chi connectivity index (χ1v) is 5.52. The zero-order valence-electron chi connectivity index (χ0n) is 8.67. The number of ether oxygens (including phenoxy) is 1. The third-order valence-corrected chi connectivity index (χ3v) is 2.40. The molecule has 1 aromatic heterocycles. The summed E-state index contributed by atoms with van der Waals surface area (Å²) in [5.41, 5.74) is -0.288. The highest BCUT2D eigenvalue weighted by Gasteiger charge is 2.22. The minimum Gasteiger partial charge on any atom is -0.456 e. The van der Waals surface area contributed by atoms with Crippen molar-refractivity contribution in [2.45, 2.75) is 26.4 Å². The Balaban J connectivity index is 3.02.